The van der Waals surface area contributed by atoms with Crippen molar-refractivity contribution in [1.29, 1.82) is 0 Å². The highest BCUT2D eigenvalue weighted by Gasteiger charge is 2.43. The summed E-state index contributed by atoms with van der Waals surface area (Å²) >= 11 is 0. The first-order valence-corrected chi connectivity index (χ1v) is 12.0. The minimum atomic E-state index is -0.436. The summed E-state index contributed by atoms with van der Waals surface area (Å²) in [7, 11) is 1.49. The van der Waals surface area contributed by atoms with Gasteiger partial charge in [0.1, 0.15) is 23.5 Å². The maximum Gasteiger partial charge on any atom is 0.259 e. The molecular weight excluding hydrogens is 452 g/mol. The van der Waals surface area contributed by atoms with Crippen molar-refractivity contribution < 1.29 is 28.3 Å². The average molecular weight is 483 g/mol. The Morgan fingerprint density at radius 1 is 1.11 bits per heavy atom. The van der Waals surface area contributed by atoms with Crippen molar-refractivity contribution in [3.8, 4) is 5.88 Å². The van der Waals surface area contributed by atoms with Crippen LogP contribution in [0.2, 0.25) is 0 Å². The van der Waals surface area contributed by atoms with Crippen LogP contribution in [0.25, 0.3) is 0 Å². The number of fused-ring (bicyclic) bond motifs is 1. The molecule has 186 valence electrons. The van der Waals surface area contributed by atoms with Gasteiger partial charge in [-0.15, -0.1) is 0 Å². The van der Waals surface area contributed by atoms with Crippen LogP contribution in [-0.4, -0.2) is 74.0 Å². The Morgan fingerprint density at radius 2 is 1.86 bits per heavy atom. The maximum atomic E-state index is 13.1. The Bertz CT molecular complexity index is 1140. The first-order chi connectivity index (χ1) is 16.9. The number of nitrogens with one attached hydrogen (secondary N) is 1. The molecule has 3 aliphatic rings. The molecule has 0 atom stereocenters. The van der Waals surface area contributed by atoms with Gasteiger partial charge in [0.15, 0.2) is 5.78 Å². The van der Waals surface area contributed by atoms with Crippen molar-refractivity contribution in [3.05, 3.63) is 35.3 Å². The molecule has 2 fully saturated rings. The number of Topliss-reactive ketones (excluding diaryl/α,β-unsaturated/α-hetero) is 1. The largest absolute Gasteiger partial charge is 0.479 e. The molecule has 1 N–H and O–H groups in total. The van der Waals surface area contributed by atoms with Crippen LogP contribution in [0.15, 0.2) is 22.8 Å². The lowest BCUT2D eigenvalue weighted by Crippen LogP contribution is -2.48. The van der Waals surface area contributed by atoms with Crippen LogP contribution in [0.5, 0.6) is 5.88 Å². The van der Waals surface area contributed by atoms with E-state index in [1.54, 1.807) is 17.9 Å². The number of ketones is 1. The zero-order valence-electron chi connectivity index (χ0n) is 20.1. The molecule has 2 aromatic rings. The van der Waals surface area contributed by atoms with Crippen molar-refractivity contribution in [2.45, 2.75) is 32.6 Å². The number of amides is 2. The van der Waals surface area contributed by atoms with Gasteiger partial charge in [-0.2, -0.15) is 4.98 Å². The van der Waals surface area contributed by atoms with Crippen LogP contribution >= 0.6 is 0 Å². The second-order valence-electron chi connectivity index (χ2n) is 9.51. The second-order valence-corrected chi connectivity index (χ2v) is 9.51. The molecule has 1 aliphatic carbocycles. The molecule has 2 aromatic heterocycles. The van der Waals surface area contributed by atoms with Gasteiger partial charge in [-0.3, -0.25) is 14.4 Å². The fourth-order valence-corrected chi connectivity index (χ4v) is 5.29. The number of carbonyl (C=O) groups excluding carboxylic acids is 3. The highest BCUT2D eigenvalue weighted by atomic mass is 16.5. The lowest BCUT2D eigenvalue weighted by atomic mass is 9.68. The number of aromatic nitrogens is 1. The summed E-state index contributed by atoms with van der Waals surface area (Å²) in [4.78, 5) is 46.2. The number of carbonyl (C=O) groups is 3. The molecule has 4 heterocycles. The van der Waals surface area contributed by atoms with Crippen LogP contribution in [-0.2, 0) is 16.0 Å². The zero-order chi connectivity index (χ0) is 24.6. The van der Waals surface area contributed by atoms with Gasteiger partial charge in [-0.1, -0.05) is 0 Å². The topological polar surface area (TPSA) is 114 Å². The van der Waals surface area contributed by atoms with Crippen molar-refractivity contribution >= 4 is 29.1 Å². The highest BCUT2D eigenvalue weighted by Crippen LogP contribution is 2.44. The summed E-state index contributed by atoms with van der Waals surface area (Å²) in [6.07, 6.45) is 4.05. The van der Waals surface area contributed by atoms with E-state index in [1.165, 1.54) is 13.4 Å². The number of ether oxygens (including phenoxy) is 2. The average Bonchev–Trinajstić information content (AvgIpc) is 3.29. The third-order valence-corrected chi connectivity index (χ3v) is 7.35. The number of anilines is 2. The quantitative estimate of drug-likeness (QED) is 0.707. The smallest absolute Gasteiger partial charge is 0.259 e. The Labute approximate surface area is 203 Å². The summed E-state index contributed by atoms with van der Waals surface area (Å²) in [5.41, 5.74) is 0.889. The number of nitrogens with zero attached hydrogens (tertiary/aromatic N) is 3. The van der Waals surface area contributed by atoms with E-state index in [4.69, 9.17) is 13.9 Å². The summed E-state index contributed by atoms with van der Waals surface area (Å²) < 4.78 is 16.6. The van der Waals surface area contributed by atoms with Crippen LogP contribution in [0.4, 0.5) is 11.5 Å². The number of piperazine rings is 1. The molecule has 0 radical (unpaired) electrons. The lowest BCUT2D eigenvalue weighted by Gasteiger charge is -2.38. The zero-order valence-corrected chi connectivity index (χ0v) is 20.1. The van der Waals surface area contributed by atoms with Gasteiger partial charge < -0.3 is 29.0 Å². The van der Waals surface area contributed by atoms with E-state index >= 15 is 0 Å². The van der Waals surface area contributed by atoms with Crippen LogP contribution in [0.1, 0.15) is 52.7 Å². The number of rotatable bonds is 4. The van der Waals surface area contributed by atoms with E-state index < -0.39 is 5.91 Å². The molecule has 1 spiro atoms. The van der Waals surface area contributed by atoms with Gasteiger partial charge in [0.2, 0.25) is 11.8 Å². The van der Waals surface area contributed by atoms with E-state index in [9.17, 15) is 14.4 Å². The van der Waals surface area contributed by atoms with Crippen molar-refractivity contribution in [3.63, 3.8) is 0 Å². The van der Waals surface area contributed by atoms with Crippen LogP contribution < -0.4 is 15.0 Å². The molecule has 0 bridgehead atoms. The second kappa shape index (κ2) is 9.33. The van der Waals surface area contributed by atoms with Crippen molar-refractivity contribution in [2.24, 2.45) is 5.41 Å². The van der Waals surface area contributed by atoms with E-state index in [0.717, 1.165) is 12.8 Å². The SMILES string of the molecule is COc1nc(N2CCN(C(C)=O)CC2)ccc1NC(=O)c1coc2c1C(=O)CC1(CCOCC1)C2. The van der Waals surface area contributed by atoms with Gasteiger partial charge in [0, 0.05) is 59.2 Å². The number of furan rings is 1. The summed E-state index contributed by atoms with van der Waals surface area (Å²) in [5.74, 6) is 1.14. The Kier molecular flexibility index (Phi) is 6.22. The standard InChI is InChI=1S/C25H30N4O6/c1-16(30)28-7-9-29(10-8-28)21-4-3-18(24(27-21)33-2)26-23(32)17-15-35-20-14-25(5-11-34-12-6-25)13-19(31)22(17)20/h3-4,15H,5-14H2,1-2H3,(H,26,32). The van der Waals surface area contributed by atoms with Crippen LogP contribution in [0.3, 0.4) is 0 Å². The van der Waals surface area contributed by atoms with Gasteiger partial charge in [0.25, 0.3) is 5.91 Å². The number of pyridine rings is 1. The van der Waals surface area contributed by atoms with Gasteiger partial charge >= 0.3 is 0 Å². The number of hydrogen-bond donors (Lipinski definition) is 1. The third kappa shape index (κ3) is 4.50. The predicted octanol–water partition coefficient (Wildman–Crippen LogP) is 2.53. The van der Waals surface area contributed by atoms with E-state index in [-0.39, 0.29) is 28.5 Å². The number of methoxy groups -OCH3 is 1. The molecule has 0 aromatic carbocycles. The molecule has 35 heavy (non-hydrogen) atoms. The summed E-state index contributed by atoms with van der Waals surface area (Å²) in [6.45, 7) is 5.45. The first kappa shape index (κ1) is 23.3. The highest BCUT2D eigenvalue weighted by molar-refractivity contribution is 6.13. The summed E-state index contributed by atoms with van der Waals surface area (Å²) in [5, 5.41) is 2.83. The minimum Gasteiger partial charge on any atom is -0.479 e. The molecule has 2 aliphatic heterocycles. The minimum absolute atomic E-state index is 0.0582. The maximum absolute atomic E-state index is 13.1. The van der Waals surface area contributed by atoms with E-state index in [2.05, 4.69) is 15.2 Å². The van der Waals surface area contributed by atoms with Gasteiger partial charge in [-0.25, -0.2) is 0 Å². The molecule has 10 nitrogen and oxygen atoms in total. The molecule has 2 amide bonds. The Morgan fingerprint density at radius 3 is 2.54 bits per heavy atom. The van der Waals surface area contributed by atoms with Gasteiger partial charge in [0.05, 0.1) is 18.2 Å². The molecular formula is C25H30N4O6. The normalized spacial score (nSPS) is 19.4. The lowest BCUT2D eigenvalue weighted by molar-refractivity contribution is -0.129. The Hall–Kier alpha value is -3.40. The third-order valence-electron chi connectivity index (χ3n) is 7.35. The first-order valence-electron chi connectivity index (χ1n) is 12.0. The van der Waals surface area contributed by atoms with Crippen LogP contribution in [0, 0.1) is 5.41 Å². The van der Waals surface area contributed by atoms with E-state index in [0.29, 0.717) is 75.1 Å². The fraction of sp³-hybridized carbons (Fsp3) is 0.520. The molecule has 5 rings (SSSR count). The van der Waals surface area contributed by atoms with Crippen molar-refractivity contribution in [2.75, 3.05) is 56.7 Å². The summed E-state index contributed by atoms with van der Waals surface area (Å²) in [6, 6.07) is 3.55. The van der Waals surface area contributed by atoms with Gasteiger partial charge in [-0.05, 0) is 30.4 Å². The molecule has 0 saturated carbocycles. The molecule has 0 unspecified atom stereocenters. The Balaban J connectivity index is 1.31. The van der Waals surface area contributed by atoms with Crippen molar-refractivity contribution in [1.82, 2.24) is 9.88 Å². The fourth-order valence-electron chi connectivity index (χ4n) is 5.29. The predicted molar refractivity (Wildman–Crippen MR) is 127 cm³/mol. The monoisotopic (exact) mass is 482 g/mol. The molecule has 10 heteroatoms. The molecule has 2 saturated heterocycles. The number of hydrogen-bond acceptors (Lipinski definition) is 8. The van der Waals surface area contributed by atoms with E-state index in [1.807, 2.05) is 6.07 Å².